The van der Waals surface area contributed by atoms with Gasteiger partial charge in [-0.1, -0.05) is 58.4 Å². The number of hydrogen-bond acceptors (Lipinski definition) is 3. The Kier molecular flexibility index (Phi) is 5.59. The summed E-state index contributed by atoms with van der Waals surface area (Å²) in [4.78, 5) is 13.1. The zero-order valence-electron chi connectivity index (χ0n) is 13.3. The van der Waals surface area contributed by atoms with Gasteiger partial charge >= 0.3 is 5.97 Å². The summed E-state index contributed by atoms with van der Waals surface area (Å²) in [6.07, 6.45) is 0. The van der Waals surface area contributed by atoms with Gasteiger partial charge in [0.05, 0.1) is 5.75 Å². The van der Waals surface area contributed by atoms with Crippen LogP contribution < -0.4 is 0 Å². The molecule has 0 unspecified atom stereocenters. The van der Waals surface area contributed by atoms with Crippen molar-refractivity contribution in [1.82, 2.24) is 0 Å². The molecule has 0 fully saturated rings. The fourth-order valence-corrected chi connectivity index (χ4v) is 3.81. The highest BCUT2D eigenvalue weighted by Crippen LogP contribution is 2.25. The van der Waals surface area contributed by atoms with Crippen LogP contribution in [0.2, 0.25) is 0 Å². The lowest BCUT2D eigenvalue weighted by Crippen LogP contribution is -2.07. The molecule has 0 bridgehead atoms. The maximum absolute atomic E-state index is 12.1. The van der Waals surface area contributed by atoms with E-state index >= 15 is 0 Å². The van der Waals surface area contributed by atoms with Crippen LogP contribution >= 0.6 is 27.7 Å². The summed E-state index contributed by atoms with van der Waals surface area (Å²) >= 11 is 4.95. The predicted octanol–water partition coefficient (Wildman–Crippen LogP) is 5.75. The summed E-state index contributed by atoms with van der Waals surface area (Å²) in [6, 6.07) is 20.2. The molecule has 0 saturated carbocycles. The van der Waals surface area contributed by atoms with E-state index in [1.165, 1.54) is 11.8 Å². The molecule has 0 heterocycles. The quantitative estimate of drug-likeness (QED) is 0.403. The standard InChI is InChI=1S/C20H17BrO2S/c1-14-11-17(21)9-10-19(14)24-13-20(22)23-12-16-7-4-6-15-5-2-3-8-18(15)16/h2-11H,12-13H2,1H3. The van der Waals surface area contributed by atoms with Gasteiger partial charge in [-0.3, -0.25) is 4.79 Å². The topological polar surface area (TPSA) is 26.3 Å². The maximum atomic E-state index is 12.1. The van der Waals surface area contributed by atoms with Crippen LogP contribution in [0.3, 0.4) is 0 Å². The molecule has 0 amide bonds. The first-order chi connectivity index (χ1) is 11.6. The molecule has 4 heteroatoms. The number of fused-ring (bicyclic) bond motifs is 1. The molecule has 0 radical (unpaired) electrons. The summed E-state index contributed by atoms with van der Waals surface area (Å²) in [5.74, 6) is 0.114. The molecule has 0 N–H and O–H groups in total. The first kappa shape index (κ1) is 17.1. The van der Waals surface area contributed by atoms with Gasteiger partial charge in [0.2, 0.25) is 0 Å². The summed E-state index contributed by atoms with van der Waals surface area (Å²) in [6.45, 7) is 2.34. The van der Waals surface area contributed by atoms with E-state index in [1.807, 2.05) is 49.4 Å². The Bertz CT molecular complexity index is 871. The lowest BCUT2D eigenvalue weighted by Gasteiger charge is -2.09. The maximum Gasteiger partial charge on any atom is 0.316 e. The lowest BCUT2D eigenvalue weighted by atomic mass is 10.1. The van der Waals surface area contributed by atoms with Gasteiger partial charge in [0.15, 0.2) is 0 Å². The number of rotatable bonds is 5. The molecular weight excluding hydrogens is 384 g/mol. The minimum absolute atomic E-state index is 0.199. The van der Waals surface area contributed by atoms with Crippen LogP contribution in [0.25, 0.3) is 10.8 Å². The van der Waals surface area contributed by atoms with Crippen LogP contribution in [0.5, 0.6) is 0 Å². The zero-order valence-corrected chi connectivity index (χ0v) is 15.7. The number of carbonyl (C=O) groups is 1. The van der Waals surface area contributed by atoms with Crippen molar-refractivity contribution in [2.75, 3.05) is 5.75 Å². The molecule has 0 atom stereocenters. The van der Waals surface area contributed by atoms with Gasteiger partial charge in [-0.2, -0.15) is 0 Å². The number of ether oxygens (including phenoxy) is 1. The number of halogens is 1. The highest BCUT2D eigenvalue weighted by Gasteiger charge is 2.08. The minimum atomic E-state index is -0.199. The molecule has 0 aliphatic heterocycles. The molecular formula is C20H17BrO2S. The summed E-state index contributed by atoms with van der Waals surface area (Å²) < 4.78 is 6.50. The van der Waals surface area contributed by atoms with Crippen LogP contribution in [0.4, 0.5) is 0 Å². The first-order valence-corrected chi connectivity index (χ1v) is 9.42. The van der Waals surface area contributed by atoms with Gasteiger partial charge < -0.3 is 4.74 Å². The number of esters is 1. The summed E-state index contributed by atoms with van der Waals surface area (Å²) in [5, 5.41) is 2.29. The lowest BCUT2D eigenvalue weighted by molar-refractivity contribution is -0.141. The van der Waals surface area contributed by atoms with Gasteiger partial charge in [-0.25, -0.2) is 0 Å². The van der Waals surface area contributed by atoms with Gasteiger partial charge in [0.25, 0.3) is 0 Å². The Morgan fingerprint density at radius 3 is 2.71 bits per heavy atom. The van der Waals surface area contributed by atoms with Crippen molar-refractivity contribution >= 4 is 44.4 Å². The Morgan fingerprint density at radius 1 is 1.08 bits per heavy atom. The van der Waals surface area contributed by atoms with Crippen molar-refractivity contribution in [3.05, 3.63) is 76.3 Å². The fraction of sp³-hybridized carbons (Fsp3) is 0.150. The molecule has 0 aliphatic carbocycles. The van der Waals surface area contributed by atoms with Crippen LogP contribution in [-0.4, -0.2) is 11.7 Å². The van der Waals surface area contributed by atoms with Crippen LogP contribution in [0.15, 0.2) is 70.0 Å². The average Bonchev–Trinajstić information content (AvgIpc) is 2.59. The largest absolute Gasteiger partial charge is 0.460 e. The molecule has 3 rings (SSSR count). The third-order valence-electron chi connectivity index (χ3n) is 3.75. The van der Waals surface area contributed by atoms with Gasteiger partial charge in [0, 0.05) is 9.37 Å². The molecule has 3 aromatic rings. The molecule has 0 aromatic heterocycles. The van der Waals surface area contributed by atoms with Crippen LogP contribution in [-0.2, 0) is 16.1 Å². The monoisotopic (exact) mass is 400 g/mol. The number of thioether (sulfide) groups is 1. The SMILES string of the molecule is Cc1cc(Br)ccc1SCC(=O)OCc1cccc2ccccc12. The second kappa shape index (κ2) is 7.86. The van der Waals surface area contributed by atoms with E-state index in [-0.39, 0.29) is 5.97 Å². The zero-order chi connectivity index (χ0) is 16.9. The third kappa shape index (κ3) is 4.19. The average molecular weight is 401 g/mol. The van der Waals surface area contributed by atoms with Crippen molar-refractivity contribution in [3.8, 4) is 0 Å². The van der Waals surface area contributed by atoms with E-state index < -0.39 is 0 Å². The molecule has 2 nitrogen and oxygen atoms in total. The first-order valence-electron chi connectivity index (χ1n) is 7.65. The van der Waals surface area contributed by atoms with Crippen molar-refractivity contribution < 1.29 is 9.53 Å². The van der Waals surface area contributed by atoms with E-state index in [0.29, 0.717) is 12.4 Å². The normalized spacial score (nSPS) is 10.8. The van der Waals surface area contributed by atoms with E-state index in [2.05, 4.69) is 34.1 Å². The van der Waals surface area contributed by atoms with Crippen LogP contribution in [0.1, 0.15) is 11.1 Å². The highest BCUT2D eigenvalue weighted by molar-refractivity contribution is 9.10. The third-order valence-corrected chi connectivity index (χ3v) is 5.39. The van der Waals surface area contributed by atoms with Gasteiger partial charge in [-0.15, -0.1) is 11.8 Å². The highest BCUT2D eigenvalue weighted by atomic mass is 79.9. The Labute approximate surface area is 154 Å². The fourth-order valence-electron chi connectivity index (χ4n) is 2.53. The minimum Gasteiger partial charge on any atom is -0.460 e. The predicted molar refractivity (Wildman–Crippen MR) is 103 cm³/mol. The van der Waals surface area contributed by atoms with E-state index in [0.717, 1.165) is 31.3 Å². The number of carbonyl (C=O) groups excluding carboxylic acids is 1. The van der Waals surface area contributed by atoms with Crippen molar-refractivity contribution in [3.63, 3.8) is 0 Å². The van der Waals surface area contributed by atoms with Crippen LogP contribution in [0, 0.1) is 6.92 Å². The van der Waals surface area contributed by atoms with Crippen molar-refractivity contribution in [1.29, 1.82) is 0 Å². The molecule has 0 aliphatic rings. The Morgan fingerprint density at radius 2 is 1.88 bits per heavy atom. The van der Waals surface area contributed by atoms with E-state index in [9.17, 15) is 4.79 Å². The molecule has 3 aromatic carbocycles. The molecule has 0 spiro atoms. The second-order valence-electron chi connectivity index (χ2n) is 5.50. The van der Waals surface area contributed by atoms with Gasteiger partial charge in [0.1, 0.15) is 6.61 Å². The Hall–Kier alpha value is -1.78. The molecule has 122 valence electrons. The Balaban J connectivity index is 1.59. The second-order valence-corrected chi connectivity index (χ2v) is 7.43. The number of hydrogen-bond donors (Lipinski definition) is 0. The van der Waals surface area contributed by atoms with E-state index in [4.69, 9.17) is 4.74 Å². The van der Waals surface area contributed by atoms with E-state index in [1.54, 1.807) is 0 Å². The molecule has 24 heavy (non-hydrogen) atoms. The van der Waals surface area contributed by atoms with Crippen molar-refractivity contribution in [2.24, 2.45) is 0 Å². The molecule has 0 saturated heterocycles. The number of benzene rings is 3. The number of aryl methyl sites for hydroxylation is 1. The smallest absolute Gasteiger partial charge is 0.316 e. The summed E-state index contributed by atoms with van der Waals surface area (Å²) in [5.41, 5.74) is 2.18. The van der Waals surface area contributed by atoms with Crippen molar-refractivity contribution in [2.45, 2.75) is 18.4 Å². The summed E-state index contributed by atoms with van der Waals surface area (Å²) in [7, 11) is 0. The van der Waals surface area contributed by atoms with Gasteiger partial charge in [-0.05, 0) is 47.0 Å².